The minimum atomic E-state index is -0.258. The van der Waals surface area contributed by atoms with Crippen LogP contribution in [0.4, 0.5) is 0 Å². The number of carbonyl (C=O) groups excluding carboxylic acids is 1. The summed E-state index contributed by atoms with van der Waals surface area (Å²) < 4.78 is 10.6. The zero-order valence-electron chi connectivity index (χ0n) is 13.3. The highest BCUT2D eigenvalue weighted by atomic mass is 16.7. The highest BCUT2D eigenvalue weighted by molar-refractivity contribution is 5.95. The number of ether oxygens (including phenoxy) is 2. The van der Waals surface area contributed by atoms with E-state index < -0.39 is 0 Å². The topological polar surface area (TPSA) is 78.3 Å². The van der Waals surface area contributed by atoms with Crippen LogP contribution in [0.5, 0.6) is 11.5 Å². The third-order valence-corrected chi connectivity index (χ3v) is 3.95. The van der Waals surface area contributed by atoms with Crippen molar-refractivity contribution in [2.24, 2.45) is 0 Å². The molecule has 0 bridgehead atoms. The van der Waals surface area contributed by atoms with Gasteiger partial charge in [-0.2, -0.15) is 15.0 Å². The van der Waals surface area contributed by atoms with Crippen LogP contribution in [0.1, 0.15) is 22.0 Å². The number of nitrogens with zero attached hydrogens (tertiary/aromatic N) is 3. The average Bonchev–Trinajstić information content (AvgIpc) is 3.32. The third kappa shape index (κ3) is 3.30. The fraction of sp³-hybridized carbons (Fsp3) is 0.167. The lowest BCUT2D eigenvalue weighted by Gasteiger charge is -2.19. The number of fused-ring (bicyclic) bond motifs is 1. The van der Waals surface area contributed by atoms with Gasteiger partial charge in [-0.3, -0.25) is 4.79 Å². The van der Waals surface area contributed by atoms with Crippen molar-refractivity contribution in [2.45, 2.75) is 12.6 Å². The molecule has 1 N–H and O–H groups in total. The Morgan fingerprint density at radius 2 is 1.84 bits per heavy atom. The van der Waals surface area contributed by atoms with Gasteiger partial charge in [0.1, 0.15) is 0 Å². The van der Waals surface area contributed by atoms with Gasteiger partial charge in [-0.05, 0) is 23.8 Å². The molecule has 7 heteroatoms. The van der Waals surface area contributed by atoms with E-state index >= 15 is 0 Å². The van der Waals surface area contributed by atoms with Crippen molar-refractivity contribution in [3.8, 4) is 11.5 Å². The molecule has 0 radical (unpaired) electrons. The Labute approximate surface area is 144 Å². The van der Waals surface area contributed by atoms with Gasteiger partial charge in [0.05, 0.1) is 25.0 Å². The number of carbonyl (C=O) groups is 1. The second kappa shape index (κ2) is 6.64. The van der Waals surface area contributed by atoms with Crippen molar-refractivity contribution < 1.29 is 14.3 Å². The van der Waals surface area contributed by atoms with Crippen LogP contribution in [0.2, 0.25) is 0 Å². The number of benzene rings is 2. The molecule has 3 aromatic rings. The van der Waals surface area contributed by atoms with Crippen LogP contribution in [0.25, 0.3) is 0 Å². The molecule has 0 saturated carbocycles. The summed E-state index contributed by atoms with van der Waals surface area (Å²) in [6.45, 7) is 0.616. The van der Waals surface area contributed by atoms with Gasteiger partial charge in [0, 0.05) is 5.56 Å². The summed E-state index contributed by atoms with van der Waals surface area (Å²) in [4.78, 5) is 14.3. The molecule has 2 heterocycles. The number of hydrogen-bond donors (Lipinski definition) is 1. The van der Waals surface area contributed by atoms with E-state index in [-0.39, 0.29) is 18.7 Å². The van der Waals surface area contributed by atoms with Gasteiger partial charge in [-0.1, -0.05) is 30.3 Å². The van der Waals surface area contributed by atoms with E-state index in [2.05, 4.69) is 15.5 Å². The molecule has 0 unspecified atom stereocenters. The maximum Gasteiger partial charge on any atom is 0.251 e. The molecule has 7 nitrogen and oxygen atoms in total. The van der Waals surface area contributed by atoms with Crippen LogP contribution < -0.4 is 14.8 Å². The van der Waals surface area contributed by atoms with E-state index in [9.17, 15) is 4.79 Å². The minimum Gasteiger partial charge on any atom is -0.454 e. The molecular formula is C18H16N4O3. The number of aromatic nitrogens is 3. The second-order valence-electron chi connectivity index (χ2n) is 5.59. The van der Waals surface area contributed by atoms with Gasteiger partial charge in [-0.15, -0.1) is 0 Å². The summed E-state index contributed by atoms with van der Waals surface area (Å²) in [6, 6.07) is 14.6. The average molecular weight is 336 g/mol. The predicted octanol–water partition coefficient (Wildman–Crippen LogP) is 2.18. The normalized spacial score (nSPS) is 13.4. The fourth-order valence-corrected chi connectivity index (χ4v) is 2.70. The Hall–Kier alpha value is -3.35. The van der Waals surface area contributed by atoms with E-state index in [4.69, 9.17) is 9.47 Å². The standard InChI is InChI=1S/C18H16N4O3/c23-18(14-6-7-16-17(10-14)25-12-24-16)21-15(11-22-19-8-9-20-22)13-4-2-1-3-5-13/h1-10,15H,11-12H2,(H,21,23)/t15-/m0/s1. The fourth-order valence-electron chi connectivity index (χ4n) is 2.70. The lowest BCUT2D eigenvalue weighted by Crippen LogP contribution is -2.32. The number of nitrogens with one attached hydrogen (secondary N) is 1. The molecule has 1 atom stereocenters. The largest absolute Gasteiger partial charge is 0.454 e. The highest BCUT2D eigenvalue weighted by Gasteiger charge is 2.20. The van der Waals surface area contributed by atoms with Gasteiger partial charge in [0.25, 0.3) is 5.91 Å². The van der Waals surface area contributed by atoms with Crippen molar-refractivity contribution in [2.75, 3.05) is 6.79 Å². The Balaban J connectivity index is 1.56. The van der Waals surface area contributed by atoms with Gasteiger partial charge in [-0.25, -0.2) is 0 Å². The predicted molar refractivity (Wildman–Crippen MR) is 89.2 cm³/mol. The van der Waals surface area contributed by atoms with Gasteiger partial charge in [0.15, 0.2) is 11.5 Å². The molecule has 1 aliphatic rings. The molecule has 0 spiro atoms. The number of rotatable bonds is 5. The molecule has 4 rings (SSSR count). The summed E-state index contributed by atoms with van der Waals surface area (Å²) in [5, 5.41) is 11.3. The second-order valence-corrected chi connectivity index (χ2v) is 5.59. The van der Waals surface area contributed by atoms with Crippen LogP contribution >= 0.6 is 0 Å². The maximum absolute atomic E-state index is 12.7. The molecule has 0 fully saturated rings. The molecule has 126 valence electrons. The van der Waals surface area contributed by atoms with Crippen molar-refractivity contribution in [3.63, 3.8) is 0 Å². The van der Waals surface area contributed by atoms with Gasteiger partial charge in [0.2, 0.25) is 6.79 Å². The van der Waals surface area contributed by atoms with Gasteiger partial charge < -0.3 is 14.8 Å². The molecular weight excluding hydrogens is 320 g/mol. The Kier molecular flexibility index (Phi) is 4.04. The number of amides is 1. The summed E-state index contributed by atoms with van der Waals surface area (Å²) in [6.07, 6.45) is 3.23. The van der Waals surface area contributed by atoms with Crippen LogP contribution in [-0.4, -0.2) is 27.7 Å². The number of hydrogen-bond acceptors (Lipinski definition) is 5. The van der Waals surface area contributed by atoms with Crippen LogP contribution in [0.3, 0.4) is 0 Å². The molecule has 25 heavy (non-hydrogen) atoms. The van der Waals surface area contributed by atoms with E-state index in [1.54, 1.807) is 35.4 Å². The molecule has 1 aliphatic heterocycles. The van der Waals surface area contributed by atoms with E-state index in [1.807, 2.05) is 30.3 Å². The van der Waals surface area contributed by atoms with Crippen LogP contribution in [0, 0.1) is 0 Å². The SMILES string of the molecule is O=C(N[C@@H](Cn1nccn1)c1ccccc1)c1ccc2c(c1)OCO2. The quantitative estimate of drug-likeness (QED) is 0.773. The molecule has 0 saturated heterocycles. The first-order valence-electron chi connectivity index (χ1n) is 7.89. The smallest absolute Gasteiger partial charge is 0.251 e. The van der Waals surface area contributed by atoms with E-state index in [1.165, 1.54) is 0 Å². The Morgan fingerprint density at radius 3 is 2.64 bits per heavy atom. The summed E-state index contributed by atoms with van der Waals surface area (Å²) in [5.74, 6) is 1.04. The summed E-state index contributed by atoms with van der Waals surface area (Å²) in [5.41, 5.74) is 1.49. The molecule has 1 amide bonds. The highest BCUT2D eigenvalue weighted by Crippen LogP contribution is 2.32. The van der Waals surface area contributed by atoms with Crippen molar-refractivity contribution in [3.05, 3.63) is 72.1 Å². The lowest BCUT2D eigenvalue weighted by molar-refractivity contribution is 0.0930. The Morgan fingerprint density at radius 1 is 1.08 bits per heavy atom. The summed E-state index contributed by atoms with van der Waals surface area (Å²) >= 11 is 0. The van der Waals surface area contributed by atoms with Crippen molar-refractivity contribution in [1.82, 2.24) is 20.3 Å². The van der Waals surface area contributed by atoms with Crippen LogP contribution in [-0.2, 0) is 6.54 Å². The van der Waals surface area contributed by atoms with E-state index in [0.717, 1.165) is 5.56 Å². The maximum atomic E-state index is 12.7. The van der Waals surface area contributed by atoms with E-state index in [0.29, 0.717) is 23.6 Å². The first kappa shape index (κ1) is 15.2. The first-order chi connectivity index (χ1) is 12.3. The monoisotopic (exact) mass is 336 g/mol. The van der Waals surface area contributed by atoms with Crippen LogP contribution in [0.15, 0.2) is 60.9 Å². The molecule has 1 aromatic heterocycles. The van der Waals surface area contributed by atoms with Gasteiger partial charge >= 0.3 is 0 Å². The Bertz CT molecular complexity index is 865. The third-order valence-electron chi connectivity index (χ3n) is 3.95. The zero-order chi connectivity index (χ0) is 17.1. The lowest BCUT2D eigenvalue weighted by atomic mass is 10.1. The van der Waals surface area contributed by atoms with Crippen molar-refractivity contribution >= 4 is 5.91 Å². The minimum absolute atomic E-state index is 0.179. The van der Waals surface area contributed by atoms with Crippen molar-refractivity contribution in [1.29, 1.82) is 0 Å². The summed E-state index contributed by atoms with van der Waals surface area (Å²) in [7, 11) is 0. The first-order valence-corrected chi connectivity index (χ1v) is 7.89. The molecule has 0 aliphatic carbocycles. The molecule has 2 aromatic carbocycles. The zero-order valence-corrected chi connectivity index (χ0v) is 13.3.